The summed E-state index contributed by atoms with van der Waals surface area (Å²) >= 11 is 0. The summed E-state index contributed by atoms with van der Waals surface area (Å²) in [5.41, 5.74) is 1.73. The molecule has 3 aromatic carbocycles. The number of benzene rings is 3. The zero-order valence-corrected chi connectivity index (χ0v) is 11.7. The Morgan fingerprint density at radius 2 is 1.72 bits per heavy atom. The Labute approximate surface area is 117 Å². The first-order valence-corrected chi connectivity index (χ1v) is 5.49. The van der Waals surface area contributed by atoms with Gasteiger partial charge in [0.1, 0.15) is 5.58 Å². The molecule has 4 rings (SSSR count). The third kappa shape index (κ3) is 1.41. The second kappa shape index (κ2) is 4.20. The molecule has 3 heteroatoms. The predicted octanol–water partition coefficient (Wildman–Crippen LogP) is 3.93. The van der Waals surface area contributed by atoms with E-state index in [4.69, 9.17) is 4.42 Å². The first-order chi connectivity index (χ1) is 8.45. The number of hydrogen-bond acceptors (Lipinski definition) is 2. The summed E-state index contributed by atoms with van der Waals surface area (Å²) in [6.45, 7) is 0. The number of nitrogens with zero attached hydrogens (tertiary/aromatic N) is 1. The van der Waals surface area contributed by atoms with Gasteiger partial charge in [0.2, 0.25) is 0 Å². The third-order valence-electron chi connectivity index (χ3n) is 3.12. The minimum Gasteiger partial charge on any atom is -0.454 e. The number of fused-ring (bicyclic) bond motifs is 6. The molecule has 18 heavy (non-hydrogen) atoms. The first kappa shape index (κ1) is 11.4. The molecule has 0 saturated carbocycles. The monoisotopic (exact) mass is 411 g/mol. The van der Waals surface area contributed by atoms with Gasteiger partial charge in [-0.05, 0) is 0 Å². The van der Waals surface area contributed by atoms with Crippen molar-refractivity contribution in [3.05, 3.63) is 54.9 Å². The average Bonchev–Trinajstić information content (AvgIpc) is 2.89. The molecule has 0 fully saturated rings. The molecule has 1 heterocycles. The van der Waals surface area contributed by atoms with Gasteiger partial charge in [-0.2, -0.15) is 0 Å². The largest absolute Gasteiger partial charge is 0.454 e. The normalized spacial score (nSPS) is 10.9. The molecule has 0 unspecified atom stereocenters. The van der Waals surface area contributed by atoms with Crippen LogP contribution in [0.3, 0.4) is 0 Å². The van der Waals surface area contributed by atoms with Gasteiger partial charge in [0, 0.05) is 31.0 Å². The SMILES string of the molecule is [Ir].[c-]1cccc2c1c1ncoc1c1ccccc21. The Morgan fingerprint density at radius 3 is 2.61 bits per heavy atom. The summed E-state index contributed by atoms with van der Waals surface area (Å²) in [5.74, 6) is 0. The van der Waals surface area contributed by atoms with Crippen molar-refractivity contribution in [1.82, 2.24) is 4.98 Å². The van der Waals surface area contributed by atoms with Crippen LogP contribution in [-0.4, -0.2) is 4.98 Å². The molecule has 0 bridgehead atoms. The molecule has 0 aliphatic heterocycles. The second-order valence-corrected chi connectivity index (χ2v) is 4.03. The zero-order valence-electron chi connectivity index (χ0n) is 9.31. The van der Waals surface area contributed by atoms with E-state index in [9.17, 15) is 0 Å². The molecule has 0 spiro atoms. The summed E-state index contributed by atoms with van der Waals surface area (Å²) in [4.78, 5) is 4.30. The van der Waals surface area contributed by atoms with E-state index < -0.39 is 0 Å². The summed E-state index contributed by atoms with van der Waals surface area (Å²) in [7, 11) is 0. The molecule has 0 N–H and O–H groups in total. The molecular weight excluding hydrogens is 402 g/mol. The fourth-order valence-electron chi connectivity index (χ4n) is 2.39. The maximum absolute atomic E-state index is 5.51. The summed E-state index contributed by atoms with van der Waals surface area (Å²) in [5, 5.41) is 4.48. The van der Waals surface area contributed by atoms with Gasteiger partial charge >= 0.3 is 0 Å². The van der Waals surface area contributed by atoms with Crippen molar-refractivity contribution in [3.8, 4) is 0 Å². The van der Waals surface area contributed by atoms with Crippen LogP contribution in [0.4, 0.5) is 0 Å². The molecule has 4 aromatic rings. The van der Waals surface area contributed by atoms with Crippen molar-refractivity contribution < 1.29 is 24.5 Å². The van der Waals surface area contributed by atoms with E-state index in [1.165, 1.54) is 17.2 Å². The minimum absolute atomic E-state index is 0. The van der Waals surface area contributed by atoms with Crippen LogP contribution >= 0.6 is 0 Å². The molecule has 1 aromatic heterocycles. The molecule has 0 amide bonds. The molecule has 89 valence electrons. The number of aromatic nitrogens is 1. The van der Waals surface area contributed by atoms with Crippen LogP contribution in [0.2, 0.25) is 0 Å². The topological polar surface area (TPSA) is 26.0 Å². The van der Waals surface area contributed by atoms with Gasteiger partial charge in [0.15, 0.2) is 6.39 Å². The van der Waals surface area contributed by atoms with Gasteiger partial charge in [0.05, 0.1) is 0 Å². The average molecular weight is 410 g/mol. The van der Waals surface area contributed by atoms with E-state index in [1.807, 2.05) is 24.3 Å². The van der Waals surface area contributed by atoms with E-state index in [2.05, 4.69) is 29.2 Å². The van der Waals surface area contributed by atoms with Crippen molar-refractivity contribution in [3.63, 3.8) is 0 Å². The maximum Gasteiger partial charge on any atom is 0.171 e. The molecule has 0 aliphatic carbocycles. The summed E-state index contributed by atoms with van der Waals surface area (Å²) < 4.78 is 5.51. The molecule has 1 radical (unpaired) electrons. The number of oxazole rings is 1. The maximum atomic E-state index is 5.51. The third-order valence-corrected chi connectivity index (χ3v) is 3.12. The molecule has 0 atom stereocenters. The van der Waals surface area contributed by atoms with Crippen LogP contribution in [0.5, 0.6) is 0 Å². The van der Waals surface area contributed by atoms with E-state index in [0.717, 1.165) is 21.9 Å². The Bertz CT molecular complexity index is 781. The van der Waals surface area contributed by atoms with Crippen molar-refractivity contribution in [2.75, 3.05) is 0 Å². The van der Waals surface area contributed by atoms with Gasteiger partial charge in [-0.25, -0.2) is 0 Å². The second-order valence-electron chi connectivity index (χ2n) is 4.03. The van der Waals surface area contributed by atoms with Gasteiger partial charge in [-0.1, -0.05) is 35.0 Å². The Morgan fingerprint density at radius 1 is 0.944 bits per heavy atom. The van der Waals surface area contributed by atoms with Crippen LogP contribution in [0.25, 0.3) is 32.6 Å². The zero-order chi connectivity index (χ0) is 11.2. The van der Waals surface area contributed by atoms with E-state index in [-0.39, 0.29) is 20.1 Å². The van der Waals surface area contributed by atoms with Gasteiger partial charge in [-0.15, -0.1) is 29.7 Å². The number of hydrogen-bond donors (Lipinski definition) is 0. The van der Waals surface area contributed by atoms with E-state index >= 15 is 0 Å². The van der Waals surface area contributed by atoms with Gasteiger partial charge in [0.25, 0.3) is 0 Å². The van der Waals surface area contributed by atoms with Crippen LogP contribution < -0.4 is 0 Å². The van der Waals surface area contributed by atoms with Crippen LogP contribution in [0.1, 0.15) is 0 Å². The number of rotatable bonds is 0. The van der Waals surface area contributed by atoms with E-state index in [0.29, 0.717) is 0 Å². The smallest absolute Gasteiger partial charge is 0.171 e. The molecular formula is C15H8IrNO-. The fraction of sp³-hybridized carbons (Fsp3) is 0. The van der Waals surface area contributed by atoms with Crippen LogP contribution in [0.15, 0.2) is 53.3 Å². The van der Waals surface area contributed by atoms with Crippen molar-refractivity contribution >= 4 is 32.6 Å². The Kier molecular flexibility index (Phi) is 2.66. The molecule has 2 nitrogen and oxygen atoms in total. The molecule has 0 aliphatic rings. The quantitative estimate of drug-likeness (QED) is 0.324. The fourth-order valence-corrected chi connectivity index (χ4v) is 2.39. The van der Waals surface area contributed by atoms with E-state index in [1.54, 1.807) is 0 Å². The predicted molar refractivity (Wildman–Crippen MR) is 67.9 cm³/mol. The standard InChI is InChI=1S/C15H8NO.Ir/c1-3-7-12-10(5-1)11-6-2-4-8-13(11)15-14(12)16-9-17-15;/h1-6,8-9H;/q-1;. The van der Waals surface area contributed by atoms with Crippen molar-refractivity contribution in [2.24, 2.45) is 0 Å². The summed E-state index contributed by atoms with van der Waals surface area (Å²) in [6.07, 6.45) is 1.50. The Hall–Kier alpha value is -1.70. The summed E-state index contributed by atoms with van der Waals surface area (Å²) in [6, 6.07) is 17.5. The van der Waals surface area contributed by atoms with Crippen LogP contribution in [0, 0.1) is 6.07 Å². The van der Waals surface area contributed by atoms with Gasteiger partial charge in [-0.3, -0.25) is 4.98 Å². The van der Waals surface area contributed by atoms with Crippen molar-refractivity contribution in [2.45, 2.75) is 0 Å². The van der Waals surface area contributed by atoms with Crippen LogP contribution in [-0.2, 0) is 20.1 Å². The molecule has 0 saturated heterocycles. The van der Waals surface area contributed by atoms with Gasteiger partial charge < -0.3 is 4.42 Å². The van der Waals surface area contributed by atoms with Crippen molar-refractivity contribution in [1.29, 1.82) is 0 Å². The minimum atomic E-state index is 0. The first-order valence-electron chi connectivity index (χ1n) is 5.49. The Balaban J connectivity index is 0.000001000.